The van der Waals surface area contributed by atoms with Crippen LogP contribution >= 0.6 is 0 Å². The molecule has 0 aromatic carbocycles. The molecule has 3 aliphatic carbocycles. The van der Waals surface area contributed by atoms with E-state index in [0.717, 1.165) is 44.9 Å². The Hall–Kier alpha value is -1.59. The summed E-state index contributed by atoms with van der Waals surface area (Å²) in [6.45, 7) is 6.37. The van der Waals surface area contributed by atoms with Crippen LogP contribution in [0.1, 0.15) is 85.0 Å². The highest BCUT2D eigenvalue weighted by molar-refractivity contribution is 5.73. The highest BCUT2D eigenvalue weighted by Gasteiger charge is 2.61. The van der Waals surface area contributed by atoms with Crippen LogP contribution in [0.4, 0.5) is 0 Å². The molecule has 0 aliphatic heterocycles. The first-order valence-corrected chi connectivity index (χ1v) is 11.7. The molecule has 170 valence electrons. The molecule has 0 unspecified atom stereocenters. The molecule has 30 heavy (non-hydrogen) atoms. The highest BCUT2D eigenvalue weighted by Crippen LogP contribution is 2.65. The van der Waals surface area contributed by atoms with Gasteiger partial charge in [-0.05, 0) is 79.4 Å². The van der Waals surface area contributed by atoms with Crippen LogP contribution in [0.15, 0.2) is 0 Å². The summed E-state index contributed by atoms with van der Waals surface area (Å²) in [6, 6.07) is 0. The van der Waals surface area contributed by atoms with Crippen molar-refractivity contribution >= 4 is 17.9 Å². The Morgan fingerprint density at radius 2 is 1.53 bits per heavy atom. The molecule has 0 bridgehead atoms. The van der Waals surface area contributed by atoms with Crippen molar-refractivity contribution in [2.24, 2.45) is 46.3 Å². The minimum Gasteiger partial charge on any atom is -0.481 e. The van der Waals surface area contributed by atoms with Crippen molar-refractivity contribution in [1.29, 1.82) is 0 Å². The van der Waals surface area contributed by atoms with E-state index >= 15 is 0 Å². The quantitative estimate of drug-likeness (QED) is 0.537. The van der Waals surface area contributed by atoms with Gasteiger partial charge >= 0.3 is 17.9 Å². The Balaban J connectivity index is 1.88. The lowest BCUT2D eigenvalue weighted by Crippen LogP contribution is -2.53. The van der Waals surface area contributed by atoms with Crippen LogP contribution in [0, 0.1) is 46.3 Å². The molecule has 0 saturated heterocycles. The number of hydrogen-bond acceptors (Lipinski definition) is 3. The lowest BCUT2D eigenvalue weighted by atomic mass is 9.48. The summed E-state index contributed by atoms with van der Waals surface area (Å²) >= 11 is 0. The number of carbonyl (C=O) groups is 3. The van der Waals surface area contributed by atoms with Crippen molar-refractivity contribution in [1.82, 2.24) is 0 Å². The van der Waals surface area contributed by atoms with E-state index in [-0.39, 0.29) is 29.6 Å². The molecule has 3 aliphatic rings. The first kappa shape index (κ1) is 23.1. The van der Waals surface area contributed by atoms with E-state index in [9.17, 15) is 24.6 Å². The van der Waals surface area contributed by atoms with Gasteiger partial charge in [0.2, 0.25) is 0 Å². The van der Waals surface area contributed by atoms with Crippen molar-refractivity contribution in [3.05, 3.63) is 0 Å². The third-order valence-electron chi connectivity index (χ3n) is 9.53. The van der Waals surface area contributed by atoms with Gasteiger partial charge in [-0.3, -0.25) is 14.4 Å². The zero-order valence-corrected chi connectivity index (χ0v) is 18.6. The number of aliphatic carboxylic acids is 3. The molecule has 0 aromatic heterocycles. The van der Waals surface area contributed by atoms with Gasteiger partial charge in [-0.2, -0.15) is 0 Å². The lowest BCUT2D eigenvalue weighted by Gasteiger charge is -2.55. The molecule has 3 fully saturated rings. The van der Waals surface area contributed by atoms with Gasteiger partial charge in [0.25, 0.3) is 0 Å². The van der Waals surface area contributed by atoms with E-state index < -0.39 is 35.2 Å². The van der Waals surface area contributed by atoms with Crippen molar-refractivity contribution < 1.29 is 29.7 Å². The Morgan fingerprint density at radius 1 is 0.867 bits per heavy atom. The smallest absolute Gasteiger partial charge is 0.307 e. The van der Waals surface area contributed by atoms with E-state index in [2.05, 4.69) is 13.8 Å². The topological polar surface area (TPSA) is 112 Å². The fourth-order valence-electron chi connectivity index (χ4n) is 7.96. The summed E-state index contributed by atoms with van der Waals surface area (Å²) in [7, 11) is 0. The van der Waals surface area contributed by atoms with Crippen LogP contribution in [-0.2, 0) is 14.4 Å². The average molecular weight is 423 g/mol. The summed E-state index contributed by atoms with van der Waals surface area (Å²) in [5.74, 6) is -2.79. The molecular weight excluding hydrogens is 384 g/mol. The van der Waals surface area contributed by atoms with E-state index in [1.165, 1.54) is 0 Å². The van der Waals surface area contributed by atoms with Gasteiger partial charge in [0, 0.05) is 6.42 Å². The van der Waals surface area contributed by atoms with Gasteiger partial charge in [0.05, 0.1) is 11.8 Å². The number of hydrogen-bond donors (Lipinski definition) is 3. The zero-order valence-electron chi connectivity index (χ0n) is 18.6. The molecule has 6 nitrogen and oxygen atoms in total. The number of fused-ring (bicyclic) bond motifs is 1. The molecule has 0 radical (unpaired) electrons. The summed E-state index contributed by atoms with van der Waals surface area (Å²) in [5, 5.41) is 29.3. The van der Waals surface area contributed by atoms with Crippen LogP contribution in [-0.4, -0.2) is 33.2 Å². The van der Waals surface area contributed by atoms with Gasteiger partial charge < -0.3 is 15.3 Å². The SMILES string of the molecule is C[C@@H](CCC(=O)O)[C@@H]1CC[C@H]2[C@@H](C(=O)O)[C@H]([C@@]3(C)CCCC[C@H]3C(=O)O)CC[C@@]21C. The summed E-state index contributed by atoms with van der Waals surface area (Å²) in [5.41, 5.74) is -0.581. The average Bonchev–Trinajstić information content (AvgIpc) is 3.02. The molecular formula is C24H38O6. The van der Waals surface area contributed by atoms with E-state index in [1.807, 2.05) is 6.92 Å². The number of carboxylic acids is 3. The predicted molar refractivity (Wildman–Crippen MR) is 112 cm³/mol. The van der Waals surface area contributed by atoms with E-state index in [0.29, 0.717) is 18.8 Å². The number of carboxylic acid groups (broad SMARTS) is 3. The highest BCUT2D eigenvalue weighted by atomic mass is 16.4. The van der Waals surface area contributed by atoms with Crippen LogP contribution in [0.25, 0.3) is 0 Å². The molecule has 8 atom stereocenters. The van der Waals surface area contributed by atoms with Gasteiger partial charge in [-0.25, -0.2) is 0 Å². The maximum absolute atomic E-state index is 12.6. The molecule has 0 aromatic rings. The largest absolute Gasteiger partial charge is 0.481 e. The maximum Gasteiger partial charge on any atom is 0.307 e. The molecule has 0 heterocycles. The van der Waals surface area contributed by atoms with Crippen LogP contribution in [0.5, 0.6) is 0 Å². The van der Waals surface area contributed by atoms with Crippen LogP contribution < -0.4 is 0 Å². The summed E-state index contributed by atoms with van der Waals surface area (Å²) < 4.78 is 0. The monoisotopic (exact) mass is 422 g/mol. The van der Waals surface area contributed by atoms with Crippen molar-refractivity contribution in [2.75, 3.05) is 0 Å². The predicted octanol–water partition coefficient (Wildman–Crippen LogP) is 4.91. The van der Waals surface area contributed by atoms with Gasteiger partial charge in [0.1, 0.15) is 0 Å². The molecule has 0 spiro atoms. The Kier molecular flexibility index (Phi) is 6.54. The van der Waals surface area contributed by atoms with Crippen molar-refractivity contribution in [3.8, 4) is 0 Å². The molecule has 0 amide bonds. The summed E-state index contributed by atoms with van der Waals surface area (Å²) in [4.78, 5) is 35.7. The maximum atomic E-state index is 12.6. The molecule has 3 saturated carbocycles. The van der Waals surface area contributed by atoms with Gasteiger partial charge in [0.15, 0.2) is 0 Å². The molecule has 6 heteroatoms. The molecule has 3 N–H and O–H groups in total. The minimum absolute atomic E-state index is 0.0409. The third-order valence-corrected chi connectivity index (χ3v) is 9.53. The fourth-order valence-corrected chi connectivity index (χ4v) is 7.96. The minimum atomic E-state index is -0.779. The van der Waals surface area contributed by atoms with Gasteiger partial charge in [-0.1, -0.05) is 33.6 Å². The second-order valence-electron chi connectivity index (χ2n) is 10.9. The van der Waals surface area contributed by atoms with E-state index in [1.54, 1.807) is 0 Å². The van der Waals surface area contributed by atoms with Crippen molar-refractivity contribution in [2.45, 2.75) is 85.0 Å². The summed E-state index contributed by atoms with van der Waals surface area (Å²) in [6.07, 6.45) is 7.55. The van der Waals surface area contributed by atoms with Gasteiger partial charge in [-0.15, -0.1) is 0 Å². The lowest BCUT2D eigenvalue weighted by molar-refractivity contribution is -0.168. The zero-order chi connectivity index (χ0) is 22.3. The fraction of sp³-hybridized carbons (Fsp3) is 0.875. The Morgan fingerprint density at radius 3 is 2.13 bits per heavy atom. The second-order valence-corrected chi connectivity index (χ2v) is 10.9. The van der Waals surface area contributed by atoms with Crippen LogP contribution in [0.2, 0.25) is 0 Å². The second kappa shape index (κ2) is 8.51. The standard InChI is InChI=1S/C24H38O6/c1-14(7-10-19(25)26)15-8-9-16-20(22(29)30)17(11-13-24(15,16)3)23(2)12-5-4-6-18(23)21(27)28/h14-18,20H,4-13H2,1-3H3,(H,25,26)(H,27,28)(H,29,30)/t14-,15-,16-,17+,18-,20+,23+,24+/m0/s1. The Labute approximate surface area is 179 Å². The van der Waals surface area contributed by atoms with E-state index in [4.69, 9.17) is 5.11 Å². The van der Waals surface area contributed by atoms with Crippen molar-refractivity contribution in [3.63, 3.8) is 0 Å². The third kappa shape index (κ3) is 3.87. The molecule has 3 rings (SSSR count). The normalized spacial score (nSPS) is 42.3. The first-order valence-electron chi connectivity index (χ1n) is 11.7. The van der Waals surface area contributed by atoms with Crippen LogP contribution in [0.3, 0.4) is 0 Å². The number of rotatable bonds is 7. The first-order chi connectivity index (χ1) is 14.0. The Bertz CT molecular complexity index is 689.